The molecule has 3 aromatic rings. The quantitative estimate of drug-likeness (QED) is 0.272. The highest BCUT2D eigenvalue weighted by Gasteiger charge is 2.31. The van der Waals surface area contributed by atoms with Crippen molar-refractivity contribution in [3.8, 4) is 16.2 Å². The largest absolute Gasteiger partial charge is 0.573 e. The SMILES string of the molecule is C[C@@H](CC1CCCCC1)NCc1ccccc1NS(=O)(=O)c1ccc(-c2ccc(OC(F)(F)F)cc2)s1. The van der Waals surface area contributed by atoms with Gasteiger partial charge in [-0.1, -0.05) is 50.3 Å². The van der Waals surface area contributed by atoms with Gasteiger partial charge in [-0.05, 0) is 72.9 Å². The van der Waals surface area contributed by atoms with E-state index in [4.69, 9.17) is 0 Å². The van der Waals surface area contributed by atoms with Crippen LogP contribution >= 0.6 is 11.3 Å². The second-order valence-electron chi connectivity index (χ2n) is 9.48. The summed E-state index contributed by atoms with van der Waals surface area (Å²) in [6.45, 7) is 2.73. The Bertz CT molecular complexity index is 1270. The Labute approximate surface area is 220 Å². The summed E-state index contributed by atoms with van der Waals surface area (Å²) in [7, 11) is -3.85. The minimum absolute atomic E-state index is 0.117. The first-order valence-corrected chi connectivity index (χ1v) is 14.7. The van der Waals surface area contributed by atoms with Gasteiger partial charge in [-0.25, -0.2) is 8.42 Å². The summed E-state index contributed by atoms with van der Waals surface area (Å²) in [6.07, 6.45) is 2.88. The molecule has 0 unspecified atom stereocenters. The van der Waals surface area contributed by atoms with Crippen molar-refractivity contribution in [2.45, 2.75) is 68.6 Å². The number of sulfonamides is 1. The molecular weight excluding hydrogens is 521 g/mol. The lowest BCUT2D eigenvalue weighted by atomic mass is 9.85. The van der Waals surface area contributed by atoms with E-state index in [9.17, 15) is 21.6 Å². The van der Waals surface area contributed by atoms with Gasteiger partial charge < -0.3 is 10.1 Å². The van der Waals surface area contributed by atoms with Crippen molar-refractivity contribution in [2.75, 3.05) is 4.72 Å². The van der Waals surface area contributed by atoms with Gasteiger partial charge >= 0.3 is 6.36 Å². The standard InChI is InChI=1S/C27H31F3N2O3S2/c1-19(17-20-7-3-2-4-8-20)31-18-22-9-5-6-10-24(22)32-37(33,34)26-16-15-25(36-26)21-11-13-23(14-12-21)35-27(28,29)30/h5-6,9-16,19-20,31-32H,2-4,7-8,17-18H2,1H3/t19-/m0/s1. The molecule has 0 saturated heterocycles. The predicted octanol–water partition coefficient (Wildman–Crippen LogP) is 7.56. The number of halogens is 3. The van der Waals surface area contributed by atoms with E-state index >= 15 is 0 Å². The summed E-state index contributed by atoms with van der Waals surface area (Å²) in [5.74, 6) is 0.423. The maximum atomic E-state index is 13.1. The van der Waals surface area contributed by atoms with Crippen LogP contribution in [0, 0.1) is 5.92 Å². The molecule has 0 bridgehead atoms. The Hall–Kier alpha value is -2.56. The van der Waals surface area contributed by atoms with Gasteiger partial charge in [0.25, 0.3) is 10.0 Å². The third-order valence-electron chi connectivity index (χ3n) is 6.53. The second-order valence-corrected chi connectivity index (χ2v) is 12.5. The fourth-order valence-electron chi connectivity index (χ4n) is 4.70. The van der Waals surface area contributed by atoms with E-state index in [-0.39, 0.29) is 9.96 Å². The van der Waals surface area contributed by atoms with Crippen molar-refractivity contribution in [2.24, 2.45) is 5.92 Å². The van der Waals surface area contributed by atoms with E-state index < -0.39 is 16.4 Å². The Morgan fingerprint density at radius 3 is 2.41 bits per heavy atom. The molecule has 1 aliphatic carbocycles. The van der Waals surface area contributed by atoms with E-state index in [1.807, 2.05) is 12.1 Å². The van der Waals surface area contributed by atoms with Gasteiger partial charge in [0.1, 0.15) is 9.96 Å². The van der Waals surface area contributed by atoms with Crippen LogP contribution in [0.3, 0.4) is 0 Å². The number of nitrogens with one attached hydrogen (secondary N) is 2. The molecule has 37 heavy (non-hydrogen) atoms. The molecule has 2 aromatic carbocycles. The van der Waals surface area contributed by atoms with E-state index in [1.165, 1.54) is 62.4 Å². The summed E-state index contributed by atoms with van der Waals surface area (Å²) in [4.78, 5) is 0.616. The zero-order valence-electron chi connectivity index (χ0n) is 20.6. The van der Waals surface area contributed by atoms with E-state index in [0.717, 1.165) is 29.2 Å². The number of anilines is 1. The Morgan fingerprint density at radius 2 is 1.70 bits per heavy atom. The Morgan fingerprint density at radius 1 is 1.00 bits per heavy atom. The highest BCUT2D eigenvalue weighted by Crippen LogP contribution is 2.34. The summed E-state index contributed by atoms with van der Waals surface area (Å²) >= 11 is 1.05. The van der Waals surface area contributed by atoms with Crippen molar-refractivity contribution in [1.29, 1.82) is 0 Å². The third-order valence-corrected chi connectivity index (χ3v) is 9.52. The van der Waals surface area contributed by atoms with Crippen molar-refractivity contribution < 1.29 is 26.3 Å². The van der Waals surface area contributed by atoms with E-state index in [1.54, 1.807) is 18.2 Å². The van der Waals surface area contributed by atoms with Crippen LogP contribution in [0.1, 0.15) is 51.0 Å². The van der Waals surface area contributed by atoms with Gasteiger partial charge in [-0.2, -0.15) is 0 Å². The number of para-hydroxylation sites is 1. The third kappa shape index (κ3) is 7.96. The average molecular weight is 553 g/mol. The van der Waals surface area contributed by atoms with Crippen LogP contribution in [0.15, 0.2) is 64.9 Å². The minimum Gasteiger partial charge on any atom is -0.406 e. The molecule has 0 aliphatic heterocycles. The maximum Gasteiger partial charge on any atom is 0.573 e. The lowest BCUT2D eigenvalue weighted by Crippen LogP contribution is -2.29. The fourth-order valence-corrected chi connectivity index (χ4v) is 7.11. The Kier molecular flexibility index (Phi) is 8.82. The molecule has 0 spiro atoms. The van der Waals surface area contributed by atoms with Gasteiger partial charge in [0.05, 0.1) is 5.69 Å². The molecule has 5 nitrogen and oxygen atoms in total. The zero-order chi connectivity index (χ0) is 26.5. The van der Waals surface area contributed by atoms with Crippen molar-refractivity contribution in [3.05, 3.63) is 66.2 Å². The molecule has 1 aromatic heterocycles. The van der Waals surface area contributed by atoms with Gasteiger partial charge in [0.2, 0.25) is 0 Å². The molecule has 4 rings (SSSR count). The first-order valence-electron chi connectivity index (χ1n) is 12.4. The topological polar surface area (TPSA) is 67.4 Å². The molecule has 1 atom stereocenters. The smallest absolute Gasteiger partial charge is 0.406 e. The van der Waals surface area contributed by atoms with Crippen molar-refractivity contribution in [1.82, 2.24) is 5.32 Å². The average Bonchev–Trinajstić information content (AvgIpc) is 3.35. The molecule has 0 radical (unpaired) electrons. The molecular formula is C27H31F3N2O3S2. The van der Waals surface area contributed by atoms with Crippen LogP contribution < -0.4 is 14.8 Å². The molecule has 1 heterocycles. The lowest BCUT2D eigenvalue weighted by molar-refractivity contribution is -0.274. The molecule has 1 saturated carbocycles. The second kappa shape index (κ2) is 11.9. The zero-order valence-corrected chi connectivity index (χ0v) is 22.2. The first-order chi connectivity index (χ1) is 17.6. The highest BCUT2D eigenvalue weighted by molar-refractivity contribution is 7.94. The lowest BCUT2D eigenvalue weighted by Gasteiger charge is -2.25. The summed E-state index contributed by atoms with van der Waals surface area (Å²) in [5.41, 5.74) is 1.97. The van der Waals surface area contributed by atoms with Gasteiger partial charge in [0, 0.05) is 17.5 Å². The number of benzene rings is 2. The van der Waals surface area contributed by atoms with Gasteiger partial charge in [-0.15, -0.1) is 24.5 Å². The van der Waals surface area contributed by atoms with Crippen LogP contribution in [0.25, 0.3) is 10.4 Å². The van der Waals surface area contributed by atoms with Crippen molar-refractivity contribution >= 4 is 27.0 Å². The molecule has 10 heteroatoms. The van der Waals surface area contributed by atoms with Crippen molar-refractivity contribution in [3.63, 3.8) is 0 Å². The van der Waals surface area contributed by atoms with Crippen LogP contribution in [-0.2, 0) is 16.6 Å². The summed E-state index contributed by atoms with van der Waals surface area (Å²) in [5, 5.41) is 3.54. The van der Waals surface area contributed by atoms with E-state index in [0.29, 0.717) is 28.7 Å². The van der Waals surface area contributed by atoms with Crippen LogP contribution in [0.4, 0.5) is 18.9 Å². The number of ether oxygens (including phenoxy) is 1. The van der Waals surface area contributed by atoms with Crippen LogP contribution in [-0.4, -0.2) is 20.8 Å². The molecule has 2 N–H and O–H groups in total. The maximum absolute atomic E-state index is 13.1. The van der Waals surface area contributed by atoms with E-state index in [2.05, 4.69) is 21.7 Å². The van der Waals surface area contributed by atoms with Gasteiger partial charge in [0.15, 0.2) is 0 Å². The van der Waals surface area contributed by atoms with Crippen LogP contribution in [0.5, 0.6) is 5.75 Å². The van der Waals surface area contributed by atoms with Crippen LogP contribution in [0.2, 0.25) is 0 Å². The summed E-state index contributed by atoms with van der Waals surface area (Å²) in [6, 6.07) is 16.1. The number of alkyl halides is 3. The predicted molar refractivity (Wildman–Crippen MR) is 141 cm³/mol. The monoisotopic (exact) mass is 552 g/mol. The normalized spacial score (nSPS) is 15.9. The Balaban J connectivity index is 1.40. The number of hydrogen-bond acceptors (Lipinski definition) is 5. The molecule has 0 amide bonds. The number of hydrogen-bond donors (Lipinski definition) is 2. The molecule has 1 aliphatic rings. The molecule has 1 fully saturated rings. The minimum atomic E-state index is -4.77. The number of rotatable bonds is 10. The summed E-state index contributed by atoms with van der Waals surface area (Å²) < 4.78 is 70.2. The van der Waals surface area contributed by atoms with Gasteiger partial charge in [-0.3, -0.25) is 4.72 Å². The first kappa shape index (κ1) is 27.5. The molecule has 200 valence electrons. The fraction of sp³-hybridized carbons (Fsp3) is 0.407. The number of thiophene rings is 1. The highest BCUT2D eigenvalue weighted by atomic mass is 32.2.